The molecule has 0 spiro atoms. The Balaban J connectivity index is 2.81. The first kappa shape index (κ1) is 14.9. The third kappa shape index (κ3) is 2.84. The predicted octanol–water partition coefficient (Wildman–Crippen LogP) is 3.49. The van der Waals surface area contributed by atoms with Crippen LogP contribution in [0, 0.1) is 29.6 Å². The Bertz CT molecular complexity index is 752. The predicted molar refractivity (Wildman–Crippen MR) is 84.7 cm³/mol. The molecule has 0 aliphatic carbocycles. The minimum atomic E-state index is 0.169. The number of aryl methyl sites for hydroxylation is 1. The number of nitriles is 2. The lowest BCUT2D eigenvalue weighted by Gasteiger charge is -2.12. The number of nitrogens with zero attached hydrogens (tertiary/aromatic N) is 3. The molecule has 0 atom stereocenters. The standard InChI is InChI=1S/C16H14N4S/c1-3-21-16-13(9-18)14(12(8-17)15(19)20-16)11-6-4-10(2)5-7-11/h4-7H,3H2,1-2H3,(H2,19,20). The lowest BCUT2D eigenvalue weighted by atomic mass is 9.96. The monoisotopic (exact) mass is 294 g/mol. The number of nitrogens with two attached hydrogens (primary N) is 1. The Morgan fingerprint density at radius 1 is 1.14 bits per heavy atom. The van der Waals surface area contributed by atoms with Crippen LogP contribution in [0.3, 0.4) is 0 Å². The van der Waals surface area contributed by atoms with Crippen LogP contribution in [0.2, 0.25) is 0 Å². The van der Waals surface area contributed by atoms with Crippen LogP contribution in [0.25, 0.3) is 11.1 Å². The van der Waals surface area contributed by atoms with Gasteiger partial charge in [0, 0.05) is 5.56 Å². The van der Waals surface area contributed by atoms with E-state index >= 15 is 0 Å². The highest BCUT2D eigenvalue weighted by atomic mass is 32.2. The van der Waals surface area contributed by atoms with Gasteiger partial charge in [0.15, 0.2) is 0 Å². The zero-order valence-electron chi connectivity index (χ0n) is 11.8. The summed E-state index contributed by atoms with van der Waals surface area (Å²) in [5, 5.41) is 19.4. The molecule has 0 amide bonds. The number of aromatic nitrogens is 1. The van der Waals surface area contributed by atoms with Crippen LogP contribution >= 0.6 is 11.8 Å². The van der Waals surface area contributed by atoms with Gasteiger partial charge in [0.25, 0.3) is 0 Å². The third-order valence-electron chi connectivity index (χ3n) is 3.04. The van der Waals surface area contributed by atoms with E-state index in [2.05, 4.69) is 17.1 Å². The summed E-state index contributed by atoms with van der Waals surface area (Å²) in [5.74, 6) is 0.948. The Morgan fingerprint density at radius 3 is 2.29 bits per heavy atom. The van der Waals surface area contributed by atoms with Gasteiger partial charge in [-0.05, 0) is 18.2 Å². The third-order valence-corrected chi connectivity index (χ3v) is 3.89. The van der Waals surface area contributed by atoms with Crippen molar-refractivity contribution in [3.63, 3.8) is 0 Å². The Kier molecular flexibility index (Phi) is 4.47. The molecule has 4 nitrogen and oxygen atoms in total. The minimum absolute atomic E-state index is 0.169. The molecule has 5 heteroatoms. The number of pyridine rings is 1. The number of benzene rings is 1. The number of anilines is 1. The van der Waals surface area contributed by atoms with Crippen molar-refractivity contribution >= 4 is 17.6 Å². The molecule has 0 aliphatic heterocycles. The topological polar surface area (TPSA) is 86.5 Å². The summed E-state index contributed by atoms with van der Waals surface area (Å²) in [7, 11) is 0. The number of hydrogen-bond donors (Lipinski definition) is 1. The molecule has 2 rings (SSSR count). The lowest BCUT2D eigenvalue weighted by Crippen LogP contribution is -2.03. The first-order valence-corrected chi connectivity index (χ1v) is 7.44. The van der Waals surface area contributed by atoms with E-state index in [1.165, 1.54) is 11.8 Å². The molecule has 1 aromatic carbocycles. The molecule has 21 heavy (non-hydrogen) atoms. The maximum absolute atomic E-state index is 9.50. The molecule has 104 valence electrons. The van der Waals surface area contributed by atoms with Crippen LogP contribution in [0.5, 0.6) is 0 Å². The van der Waals surface area contributed by atoms with Crippen molar-refractivity contribution < 1.29 is 0 Å². The summed E-state index contributed by atoms with van der Waals surface area (Å²) >= 11 is 1.45. The molecule has 0 saturated carbocycles. The maximum Gasteiger partial charge on any atom is 0.143 e. The highest BCUT2D eigenvalue weighted by molar-refractivity contribution is 7.99. The van der Waals surface area contributed by atoms with Gasteiger partial charge >= 0.3 is 0 Å². The Morgan fingerprint density at radius 2 is 1.76 bits per heavy atom. The van der Waals surface area contributed by atoms with Crippen LogP contribution < -0.4 is 5.73 Å². The van der Waals surface area contributed by atoms with E-state index in [0.29, 0.717) is 16.2 Å². The van der Waals surface area contributed by atoms with E-state index in [1.54, 1.807) is 0 Å². The van der Waals surface area contributed by atoms with Gasteiger partial charge in [-0.15, -0.1) is 11.8 Å². The molecule has 1 aromatic heterocycles. The maximum atomic E-state index is 9.50. The second-order valence-electron chi connectivity index (χ2n) is 4.45. The smallest absolute Gasteiger partial charge is 0.143 e. The lowest BCUT2D eigenvalue weighted by molar-refractivity contribution is 1.11. The first-order valence-electron chi connectivity index (χ1n) is 6.45. The van der Waals surface area contributed by atoms with Crippen molar-refractivity contribution in [1.29, 1.82) is 10.5 Å². The highest BCUT2D eigenvalue weighted by Crippen LogP contribution is 2.35. The second-order valence-corrected chi connectivity index (χ2v) is 5.70. The summed E-state index contributed by atoms with van der Waals surface area (Å²) < 4.78 is 0. The van der Waals surface area contributed by atoms with Gasteiger partial charge in [0.1, 0.15) is 28.5 Å². The quantitative estimate of drug-likeness (QED) is 0.875. The summed E-state index contributed by atoms with van der Waals surface area (Å²) in [6.45, 7) is 3.97. The Labute approximate surface area is 128 Å². The Hall–Kier alpha value is -2.50. The summed E-state index contributed by atoms with van der Waals surface area (Å²) in [6.07, 6.45) is 0. The summed E-state index contributed by atoms with van der Waals surface area (Å²) in [6, 6.07) is 11.9. The van der Waals surface area contributed by atoms with Gasteiger partial charge in [0.2, 0.25) is 0 Å². The number of hydrogen-bond acceptors (Lipinski definition) is 5. The van der Waals surface area contributed by atoms with Crippen LogP contribution in [0.1, 0.15) is 23.6 Å². The largest absolute Gasteiger partial charge is 0.383 e. The van der Waals surface area contributed by atoms with E-state index in [4.69, 9.17) is 5.73 Å². The molecule has 0 bridgehead atoms. The molecule has 0 radical (unpaired) electrons. The van der Waals surface area contributed by atoms with Crippen LogP contribution in [0.15, 0.2) is 29.3 Å². The molecular formula is C16H14N4S. The summed E-state index contributed by atoms with van der Waals surface area (Å²) in [4.78, 5) is 4.20. The average molecular weight is 294 g/mol. The fourth-order valence-electron chi connectivity index (χ4n) is 2.05. The molecule has 1 heterocycles. The van der Waals surface area contributed by atoms with E-state index in [0.717, 1.165) is 16.9 Å². The molecule has 0 unspecified atom stereocenters. The van der Waals surface area contributed by atoms with Gasteiger partial charge in [-0.25, -0.2) is 4.98 Å². The van der Waals surface area contributed by atoms with Crippen LogP contribution in [-0.2, 0) is 0 Å². The SMILES string of the molecule is CCSc1nc(N)c(C#N)c(-c2ccc(C)cc2)c1C#N. The minimum Gasteiger partial charge on any atom is -0.383 e. The van der Waals surface area contributed by atoms with Crippen molar-refractivity contribution in [2.75, 3.05) is 11.5 Å². The van der Waals surface area contributed by atoms with E-state index in [1.807, 2.05) is 38.1 Å². The normalized spacial score (nSPS) is 9.90. The number of rotatable bonds is 3. The molecule has 2 aromatic rings. The van der Waals surface area contributed by atoms with Crippen LogP contribution in [0.4, 0.5) is 5.82 Å². The van der Waals surface area contributed by atoms with Gasteiger partial charge in [-0.2, -0.15) is 10.5 Å². The first-order chi connectivity index (χ1) is 10.1. The van der Waals surface area contributed by atoms with Gasteiger partial charge < -0.3 is 5.73 Å². The zero-order valence-corrected chi connectivity index (χ0v) is 12.7. The molecule has 2 N–H and O–H groups in total. The van der Waals surface area contributed by atoms with E-state index in [9.17, 15) is 10.5 Å². The van der Waals surface area contributed by atoms with Gasteiger partial charge in [-0.3, -0.25) is 0 Å². The zero-order chi connectivity index (χ0) is 15.4. The van der Waals surface area contributed by atoms with Crippen molar-refractivity contribution in [3.05, 3.63) is 41.0 Å². The summed E-state index contributed by atoms with van der Waals surface area (Å²) in [5.41, 5.74) is 9.06. The van der Waals surface area contributed by atoms with Gasteiger partial charge in [0.05, 0.1) is 5.56 Å². The van der Waals surface area contributed by atoms with Crippen molar-refractivity contribution in [2.45, 2.75) is 18.9 Å². The molecule has 0 fully saturated rings. The fourth-order valence-corrected chi connectivity index (χ4v) is 2.78. The number of nitrogen functional groups attached to an aromatic ring is 1. The van der Waals surface area contributed by atoms with Crippen molar-refractivity contribution in [1.82, 2.24) is 4.98 Å². The molecule has 0 aliphatic rings. The van der Waals surface area contributed by atoms with Crippen LogP contribution in [-0.4, -0.2) is 10.7 Å². The average Bonchev–Trinajstić information content (AvgIpc) is 2.48. The highest BCUT2D eigenvalue weighted by Gasteiger charge is 2.19. The van der Waals surface area contributed by atoms with Crippen molar-refractivity contribution in [3.8, 4) is 23.3 Å². The van der Waals surface area contributed by atoms with Crippen molar-refractivity contribution in [2.24, 2.45) is 0 Å². The number of thioether (sulfide) groups is 1. The molecular weight excluding hydrogens is 280 g/mol. The second kappa shape index (κ2) is 6.30. The fraction of sp³-hybridized carbons (Fsp3) is 0.188. The van der Waals surface area contributed by atoms with E-state index < -0.39 is 0 Å². The van der Waals surface area contributed by atoms with E-state index in [-0.39, 0.29) is 11.4 Å². The molecule has 0 saturated heterocycles. The van der Waals surface area contributed by atoms with Gasteiger partial charge in [-0.1, -0.05) is 36.8 Å².